The van der Waals surface area contributed by atoms with Gasteiger partial charge in [-0.3, -0.25) is 0 Å². The van der Waals surface area contributed by atoms with Crippen LogP contribution in [0.25, 0.3) is 0 Å². The average molecular weight is 244 g/mol. The van der Waals surface area contributed by atoms with Gasteiger partial charge in [0, 0.05) is 19.5 Å². The first-order valence-electron chi connectivity index (χ1n) is 6.84. The summed E-state index contributed by atoms with van der Waals surface area (Å²) in [4.78, 5) is 6.76. The quantitative estimate of drug-likeness (QED) is 0.758. The fraction of sp³-hybridized carbons (Fsp3) is 0.533. The third-order valence-corrected chi connectivity index (χ3v) is 3.91. The van der Waals surface area contributed by atoms with Crippen molar-refractivity contribution in [3.05, 3.63) is 30.3 Å². The molecule has 0 N–H and O–H groups in total. The van der Waals surface area contributed by atoms with E-state index in [9.17, 15) is 0 Å². The van der Waals surface area contributed by atoms with E-state index in [1.807, 2.05) is 30.3 Å². The van der Waals surface area contributed by atoms with Gasteiger partial charge in [-0.05, 0) is 31.4 Å². The number of fused-ring (bicyclic) bond motifs is 1. The Hall–Kier alpha value is -1.51. The molecule has 1 aromatic rings. The van der Waals surface area contributed by atoms with Crippen LogP contribution in [0.2, 0.25) is 0 Å². The monoisotopic (exact) mass is 244 g/mol. The van der Waals surface area contributed by atoms with Crippen LogP contribution in [0.5, 0.6) is 0 Å². The first-order valence-corrected chi connectivity index (χ1v) is 6.84. The molecule has 2 aliphatic rings. The number of rotatable bonds is 1. The van der Waals surface area contributed by atoms with Crippen LogP contribution in [-0.4, -0.2) is 30.6 Å². The van der Waals surface area contributed by atoms with Crippen molar-refractivity contribution in [2.75, 3.05) is 13.6 Å². The molecule has 1 saturated carbocycles. The van der Waals surface area contributed by atoms with Crippen molar-refractivity contribution >= 4 is 11.7 Å². The molecule has 0 unspecified atom stereocenters. The minimum absolute atomic E-state index is 0.386. The lowest BCUT2D eigenvalue weighted by atomic mass is 9.85. The van der Waals surface area contributed by atoms with Crippen LogP contribution in [0, 0.1) is 5.92 Å². The second kappa shape index (κ2) is 5.01. The standard InChI is InChI=1S/C15H20N2O/c1-17-11-12-7-5-6-10-14(12)18-15(17)16-13-8-3-2-4-9-13/h2-4,8-9,12,14H,5-7,10-11H2,1H3/t12-,14+/m1/s1. The molecule has 0 spiro atoms. The molecule has 0 amide bonds. The largest absolute Gasteiger partial charge is 0.461 e. The Labute approximate surface area is 108 Å². The molecule has 2 fully saturated rings. The zero-order valence-electron chi connectivity index (χ0n) is 10.9. The van der Waals surface area contributed by atoms with Crippen molar-refractivity contribution in [1.82, 2.24) is 4.90 Å². The van der Waals surface area contributed by atoms with E-state index in [0.29, 0.717) is 12.0 Å². The highest BCUT2D eigenvalue weighted by atomic mass is 16.5. The molecule has 0 radical (unpaired) electrons. The van der Waals surface area contributed by atoms with E-state index in [-0.39, 0.29) is 0 Å². The van der Waals surface area contributed by atoms with Gasteiger partial charge in [0.15, 0.2) is 0 Å². The lowest BCUT2D eigenvalue weighted by molar-refractivity contribution is 0.0197. The maximum Gasteiger partial charge on any atom is 0.292 e. The zero-order valence-corrected chi connectivity index (χ0v) is 10.9. The Kier molecular flexibility index (Phi) is 3.22. The smallest absolute Gasteiger partial charge is 0.292 e. The van der Waals surface area contributed by atoms with Crippen LogP contribution in [0.3, 0.4) is 0 Å². The van der Waals surface area contributed by atoms with Crippen LogP contribution in [0.15, 0.2) is 35.3 Å². The molecule has 1 aliphatic heterocycles. The van der Waals surface area contributed by atoms with Gasteiger partial charge in [0.1, 0.15) is 6.10 Å². The number of hydrogen-bond donors (Lipinski definition) is 0. The average Bonchev–Trinajstić information content (AvgIpc) is 2.41. The summed E-state index contributed by atoms with van der Waals surface area (Å²) < 4.78 is 6.08. The third-order valence-electron chi connectivity index (χ3n) is 3.91. The van der Waals surface area contributed by atoms with E-state index in [4.69, 9.17) is 4.74 Å². The second-order valence-corrected chi connectivity index (χ2v) is 5.31. The van der Waals surface area contributed by atoms with Crippen molar-refractivity contribution in [3.8, 4) is 0 Å². The molecule has 2 atom stereocenters. The number of aliphatic imine (C=N–C) groups is 1. The normalized spacial score (nSPS) is 29.8. The highest BCUT2D eigenvalue weighted by molar-refractivity contribution is 5.77. The summed E-state index contributed by atoms with van der Waals surface area (Å²) in [6.45, 7) is 1.08. The van der Waals surface area contributed by atoms with Gasteiger partial charge in [0.25, 0.3) is 6.02 Å². The Morgan fingerprint density at radius 1 is 1.17 bits per heavy atom. The van der Waals surface area contributed by atoms with Crippen LogP contribution >= 0.6 is 0 Å². The topological polar surface area (TPSA) is 24.8 Å². The molecule has 0 aromatic heterocycles. The summed E-state index contributed by atoms with van der Waals surface area (Å²) in [7, 11) is 2.08. The third kappa shape index (κ3) is 2.35. The molecule has 1 saturated heterocycles. The number of amidine groups is 1. The van der Waals surface area contributed by atoms with E-state index in [0.717, 1.165) is 18.3 Å². The fourth-order valence-corrected chi connectivity index (χ4v) is 2.92. The number of ether oxygens (including phenoxy) is 1. The van der Waals surface area contributed by atoms with Gasteiger partial charge in [-0.15, -0.1) is 0 Å². The van der Waals surface area contributed by atoms with E-state index in [2.05, 4.69) is 16.9 Å². The summed E-state index contributed by atoms with van der Waals surface area (Å²) in [6, 6.07) is 10.8. The van der Waals surface area contributed by atoms with Crippen molar-refractivity contribution in [3.63, 3.8) is 0 Å². The summed E-state index contributed by atoms with van der Waals surface area (Å²) in [5.74, 6) is 0.693. The van der Waals surface area contributed by atoms with Crippen LogP contribution < -0.4 is 0 Å². The lowest BCUT2D eigenvalue weighted by Crippen LogP contribution is -2.48. The Morgan fingerprint density at radius 2 is 1.94 bits per heavy atom. The molecule has 18 heavy (non-hydrogen) atoms. The molecule has 3 heteroatoms. The van der Waals surface area contributed by atoms with Gasteiger partial charge >= 0.3 is 0 Å². The Balaban J connectivity index is 1.78. The molecule has 0 bridgehead atoms. The minimum Gasteiger partial charge on any atom is -0.461 e. The van der Waals surface area contributed by atoms with Gasteiger partial charge in [0.2, 0.25) is 0 Å². The van der Waals surface area contributed by atoms with E-state index >= 15 is 0 Å². The molecule has 3 rings (SSSR count). The second-order valence-electron chi connectivity index (χ2n) is 5.31. The van der Waals surface area contributed by atoms with Crippen LogP contribution in [0.1, 0.15) is 25.7 Å². The van der Waals surface area contributed by atoms with E-state index < -0.39 is 0 Å². The molecular weight excluding hydrogens is 224 g/mol. The summed E-state index contributed by atoms with van der Waals surface area (Å²) in [5.41, 5.74) is 0.966. The fourth-order valence-electron chi connectivity index (χ4n) is 2.92. The number of benzene rings is 1. The number of hydrogen-bond acceptors (Lipinski definition) is 2. The van der Waals surface area contributed by atoms with Crippen molar-refractivity contribution < 1.29 is 4.74 Å². The predicted molar refractivity (Wildman–Crippen MR) is 73.0 cm³/mol. The summed E-state index contributed by atoms with van der Waals surface area (Å²) in [5, 5.41) is 0. The summed E-state index contributed by atoms with van der Waals surface area (Å²) in [6.07, 6.45) is 5.52. The van der Waals surface area contributed by atoms with Gasteiger partial charge in [0.05, 0.1) is 5.69 Å². The van der Waals surface area contributed by atoms with Gasteiger partial charge in [-0.2, -0.15) is 4.99 Å². The molecule has 3 nitrogen and oxygen atoms in total. The van der Waals surface area contributed by atoms with E-state index in [1.54, 1.807) is 0 Å². The van der Waals surface area contributed by atoms with Crippen molar-refractivity contribution in [2.24, 2.45) is 10.9 Å². The maximum atomic E-state index is 6.08. The molecular formula is C15H20N2O. The van der Waals surface area contributed by atoms with Gasteiger partial charge in [-0.25, -0.2) is 0 Å². The van der Waals surface area contributed by atoms with Crippen molar-refractivity contribution in [2.45, 2.75) is 31.8 Å². The number of para-hydroxylation sites is 1. The maximum absolute atomic E-state index is 6.08. The summed E-state index contributed by atoms with van der Waals surface area (Å²) >= 11 is 0. The first-order chi connectivity index (χ1) is 8.83. The molecule has 96 valence electrons. The molecule has 1 aromatic carbocycles. The van der Waals surface area contributed by atoms with Crippen LogP contribution in [0.4, 0.5) is 5.69 Å². The zero-order chi connectivity index (χ0) is 12.4. The first kappa shape index (κ1) is 11.6. The SMILES string of the molecule is CN1C[C@H]2CCCC[C@@H]2OC1=Nc1ccccc1. The van der Waals surface area contributed by atoms with Crippen LogP contribution in [-0.2, 0) is 4.74 Å². The molecule has 1 heterocycles. The molecule has 1 aliphatic carbocycles. The highest BCUT2D eigenvalue weighted by Crippen LogP contribution is 2.31. The Morgan fingerprint density at radius 3 is 2.78 bits per heavy atom. The van der Waals surface area contributed by atoms with Crippen molar-refractivity contribution in [1.29, 1.82) is 0 Å². The van der Waals surface area contributed by atoms with E-state index in [1.165, 1.54) is 25.7 Å². The lowest BCUT2D eigenvalue weighted by Gasteiger charge is -2.41. The Bertz CT molecular complexity index is 429. The predicted octanol–water partition coefficient (Wildman–Crippen LogP) is 3.19. The minimum atomic E-state index is 0.386. The van der Waals surface area contributed by atoms with Gasteiger partial charge < -0.3 is 9.64 Å². The number of nitrogens with zero attached hydrogens (tertiary/aromatic N) is 2. The highest BCUT2D eigenvalue weighted by Gasteiger charge is 2.34. The van der Waals surface area contributed by atoms with Gasteiger partial charge in [-0.1, -0.05) is 24.6 Å².